The number of pyridine rings is 1. The van der Waals surface area contributed by atoms with E-state index in [9.17, 15) is 4.79 Å². The molecule has 2 aromatic heterocycles. The number of aromatic nitrogens is 3. The maximum absolute atomic E-state index is 12.7. The number of ether oxygens (including phenoxy) is 3. The number of rotatable bonds is 9. The lowest BCUT2D eigenvalue weighted by Gasteiger charge is -2.23. The number of carbonyl (C=O) groups is 1. The molecule has 41 heavy (non-hydrogen) atoms. The van der Waals surface area contributed by atoms with Crippen LogP contribution in [0.2, 0.25) is 0 Å². The third-order valence-electron chi connectivity index (χ3n) is 7.08. The van der Waals surface area contributed by atoms with Crippen molar-refractivity contribution in [3.63, 3.8) is 0 Å². The normalized spacial score (nSPS) is 16.7. The van der Waals surface area contributed by atoms with Crippen molar-refractivity contribution < 1.29 is 19.0 Å². The zero-order valence-electron chi connectivity index (χ0n) is 23.1. The van der Waals surface area contributed by atoms with E-state index < -0.39 is 0 Å². The van der Waals surface area contributed by atoms with Crippen molar-refractivity contribution >= 4 is 22.8 Å². The summed E-state index contributed by atoms with van der Waals surface area (Å²) in [5.41, 5.74) is 5.11. The number of amides is 1. The van der Waals surface area contributed by atoms with Crippen LogP contribution >= 0.6 is 0 Å². The quantitative estimate of drug-likeness (QED) is 0.279. The molecule has 0 saturated carbocycles. The predicted octanol–water partition coefficient (Wildman–Crippen LogP) is 4.24. The second-order valence-corrected chi connectivity index (χ2v) is 10.1. The van der Waals surface area contributed by atoms with Crippen LogP contribution in [0, 0.1) is 0 Å². The van der Waals surface area contributed by atoms with Gasteiger partial charge in [0.1, 0.15) is 28.4 Å². The fourth-order valence-corrected chi connectivity index (χ4v) is 4.96. The van der Waals surface area contributed by atoms with Crippen LogP contribution < -0.4 is 25.5 Å². The Morgan fingerprint density at radius 3 is 2.63 bits per heavy atom. The van der Waals surface area contributed by atoms with Crippen molar-refractivity contribution in [2.24, 2.45) is 0 Å². The zero-order chi connectivity index (χ0) is 28.2. The Morgan fingerprint density at radius 2 is 1.93 bits per heavy atom. The van der Waals surface area contributed by atoms with Gasteiger partial charge in [-0.2, -0.15) is 5.10 Å². The largest absolute Gasteiger partial charge is 0.497 e. The van der Waals surface area contributed by atoms with Crippen LogP contribution in [0.4, 0.5) is 5.82 Å². The molecule has 4 aromatic rings. The summed E-state index contributed by atoms with van der Waals surface area (Å²) in [6, 6.07) is 17.1. The number of hydrogen-bond acceptors (Lipinski definition) is 9. The van der Waals surface area contributed by atoms with Gasteiger partial charge in [-0.1, -0.05) is 12.1 Å². The number of piperidine rings is 1. The van der Waals surface area contributed by atoms with Gasteiger partial charge in [0.2, 0.25) is 0 Å². The summed E-state index contributed by atoms with van der Waals surface area (Å²) in [4.78, 5) is 17.3. The standard InChI is InChI=1S/C30H33N7O4/c1-20-17-36(19-40-20)35-30(38)22-7-11-25(12-8-22)41-26-13-15-32-29-27(26)28(33-23-4-3-14-31-16-23)34-37(29)18-21-5-9-24(39-2)10-6-21/h5-13,15,17,23,31H,3-4,14,16,18-19H2,1-2H3,(H,33,34)(H,35,38)/t23-/m1/s1. The Bertz CT molecular complexity index is 1540. The van der Waals surface area contributed by atoms with Crippen LogP contribution in [0.25, 0.3) is 11.0 Å². The Kier molecular flexibility index (Phi) is 7.59. The number of fused-ring (bicyclic) bond motifs is 1. The molecule has 11 nitrogen and oxygen atoms in total. The summed E-state index contributed by atoms with van der Waals surface area (Å²) < 4.78 is 18.9. The molecule has 11 heteroatoms. The lowest BCUT2D eigenvalue weighted by Crippen LogP contribution is -2.38. The minimum Gasteiger partial charge on any atom is -0.497 e. The highest BCUT2D eigenvalue weighted by Gasteiger charge is 2.22. The molecule has 0 radical (unpaired) electrons. The van der Waals surface area contributed by atoms with Crippen LogP contribution in [0.5, 0.6) is 17.2 Å². The fraction of sp³-hybridized carbons (Fsp3) is 0.300. The van der Waals surface area contributed by atoms with Gasteiger partial charge in [-0.3, -0.25) is 15.2 Å². The molecule has 3 N–H and O–H groups in total. The highest BCUT2D eigenvalue weighted by atomic mass is 16.5. The van der Waals surface area contributed by atoms with E-state index in [2.05, 4.69) is 21.0 Å². The summed E-state index contributed by atoms with van der Waals surface area (Å²) in [6.07, 6.45) is 5.63. The molecular weight excluding hydrogens is 522 g/mol. The minimum atomic E-state index is -0.232. The summed E-state index contributed by atoms with van der Waals surface area (Å²) in [6.45, 7) is 4.56. The predicted molar refractivity (Wildman–Crippen MR) is 155 cm³/mol. The molecule has 6 rings (SSSR count). The van der Waals surface area contributed by atoms with Crippen LogP contribution in [-0.2, 0) is 11.3 Å². The molecule has 1 saturated heterocycles. The maximum Gasteiger partial charge on any atom is 0.269 e. The number of hydrazine groups is 1. The lowest BCUT2D eigenvalue weighted by molar-refractivity contribution is 0.0733. The molecule has 1 atom stereocenters. The Labute approximate surface area is 238 Å². The second-order valence-electron chi connectivity index (χ2n) is 10.1. The summed E-state index contributed by atoms with van der Waals surface area (Å²) in [7, 11) is 1.66. The van der Waals surface area contributed by atoms with Gasteiger partial charge in [0.15, 0.2) is 18.2 Å². The van der Waals surface area contributed by atoms with Gasteiger partial charge in [-0.05, 0) is 68.3 Å². The molecule has 0 aliphatic carbocycles. The molecule has 0 unspecified atom stereocenters. The van der Waals surface area contributed by atoms with E-state index in [4.69, 9.17) is 19.3 Å². The van der Waals surface area contributed by atoms with Crippen molar-refractivity contribution in [2.75, 3.05) is 32.2 Å². The van der Waals surface area contributed by atoms with Crippen molar-refractivity contribution in [2.45, 2.75) is 32.4 Å². The van der Waals surface area contributed by atoms with E-state index in [1.54, 1.807) is 48.8 Å². The first-order chi connectivity index (χ1) is 20.1. The maximum atomic E-state index is 12.7. The molecule has 0 bridgehead atoms. The van der Waals surface area contributed by atoms with Crippen LogP contribution in [0.1, 0.15) is 35.7 Å². The Hall–Kier alpha value is -4.77. The monoisotopic (exact) mass is 555 g/mol. The summed E-state index contributed by atoms with van der Waals surface area (Å²) >= 11 is 0. The van der Waals surface area contributed by atoms with E-state index in [1.807, 2.05) is 41.9 Å². The summed E-state index contributed by atoms with van der Waals surface area (Å²) in [5, 5.41) is 14.4. The highest BCUT2D eigenvalue weighted by Crippen LogP contribution is 2.35. The van der Waals surface area contributed by atoms with E-state index in [0.717, 1.165) is 59.9 Å². The molecule has 2 aromatic carbocycles. The van der Waals surface area contributed by atoms with E-state index in [-0.39, 0.29) is 18.7 Å². The lowest BCUT2D eigenvalue weighted by atomic mass is 10.1. The second kappa shape index (κ2) is 11.8. The average Bonchev–Trinajstić information content (AvgIpc) is 3.57. The average molecular weight is 556 g/mol. The third-order valence-corrected chi connectivity index (χ3v) is 7.08. The number of carbonyl (C=O) groups excluding carboxylic acids is 1. The van der Waals surface area contributed by atoms with E-state index >= 15 is 0 Å². The SMILES string of the molecule is COc1ccc(Cn2nc(N[C@@H]3CCCNC3)c3c(Oc4ccc(C(=O)NN5C=C(C)OC5)cc4)ccnc32)cc1. The van der Waals surface area contributed by atoms with Gasteiger partial charge in [0.25, 0.3) is 5.91 Å². The van der Waals surface area contributed by atoms with Gasteiger partial charge < -0.3 is 24.8 Å². The molecule has 212 valence electrons. The topological polar surface area (TPSA) is 115 Å². The van der Waals surface area contributed by atoms with Gasteiger partial charge in [0, 0.05) is 30.4 Å². The number of hydrogen-bond donors (Lipinski definition) is 3. The molecule has 0 spiro atoms. The van der Waals surface area contributed by atoms with Crippen molar-refractivity contribution in [1.82, 2.24) is 30.5 Å². The number of benzene rings is 2. The first-order valence-electron chi connectivity index (χ1n) is 13.7. The van der Waals surface area contributed by atoms with Gasteiger partial charge >= 0.3 is 0 Å². The molecular formula is C30H33N7O4. The Balaban J connectivity index is 1.26. The van der Waals surface area contributed by atoms with E-state index in [1.165, 1.54) is 0 Å². The van der Waals surface area contributed by atoms with Gasteiger partial charge in [0.05, 0.1) is 19.9 Å². The number of methoxy groups -OCH3 is 1. The van der Waals surface area contributed by atoms with Crippen molar-refractivity contribution in [1.29, 1.82) is 0 Å². The molecule has 1 amide bonds. The van der Waals surface area contributed by atoms with Crippen molar-refractivity contribution in [3.05, 3.63) is 83.9 Å². The zero-order valence-corrected chi connectivity index (χ0v) is 23.1. The molecule has 2 aliphatic rings. The highest BCUT2D eigenvalue weighted by molar-refractivity contribution is 5.95. The fourth-order valence-electron chi connectivity index (χ4n) is 4.96. The number of nitrogens with zero attached hydrogens (tertiary/aromatic N) is 4. The smallest absolute Gasteiger partial charge is 0.269 e. The Morgan fingerprint density at radius 1 is 1.12 bits per heavy atom. The number of anilines is 1. The first-order valence-corrected chi connectivity index (χ1v) is 13.7. The third kappa shape index (κ3) is 6.04. The first kappa shape index (κ1) is 26.5. The number of allylic oxidation sites excluding steroid dienone is 1. The van der Waals surface area contributed by atoms with Crippen LogP contribution in [0.15, 0.2) is 72.8 Å². The van der Waals surface area contributed by atoms with Crippen molar-refractivity contribution in [3.8, 4) is 17.2 Å². The van der Waals surface area contributed by atoms with Crippen LogP contribution in [0.3, 0.4) is 0 Å². The van der Waals surface area contributed by atoms with Gasteiger partial charge in [-0.15, -0.1) is 0 Å². The molecule has 2 aliphatic heterocycles. The van der Waals surface area contributed by atoms with Crippen LogP contribution in [-0.4, -0.2) is 58.7 Å². The minimum absolute atomic E-state index is 0.232. The number of nitrogens with one attached hydrogen (secondary N) is 3. The van der Waals surface area contributed by atoms with E-state index in [0.29, 0.717) is 23.6 Å². The van der Waals surface area contributed by atoms with Gasteiger partial charge in [-0.25, -0.2) is 9.67 Å². The summed E-state index contributed by atoms with van der Waals surface area (Å²) in [5.74, 6) is 3.29. The molecule has 4 heterocycles. The molecule has 1 fully saturated rings.